The molecule has 2 rings (SSSR count). The monoisotopic (exact) mass is 381 g/mol. The van der Waals surface area contributed by atoms with Gasteiger partial charge < -0.3 is 0 Å². The fraction of sp³-hybridized carbons (Fsp3) is 0.133. The number of nitrogens with zero attached hydrogens (tertiary/aromatic N) is 1. The SMILES string of the molecule is N#Cc1cccc(S(=O)(=O)CCSc2ccc(Br)cc2)c1. The smallest absolute Gasteiger partial charge is 0.179 e. The lowest BCUT2D eigenvalue weighted by Crippen LogP contribution is -2.09. The van der Waals surface area contributed by atoms with E-state index in [4.69, 9.17) is 5.26 Å². The molecule has 0 unspecified atom stereocenters. The summed E-state index contributed by atoms with van der Waals surface area (Å²) < 4.78 is 25.4. The minimum Gasteiger partial charge on any atom is -0.224 e. The molecule has 6 heteroatoms. The third kappa shape index (κ3) is 4.60. The van der Waals surface area contributed by atoms with E-state index in [-0.39, 0.29) is 10.6 Å². The van der Waals surface area contributed by atoms with Crippen molar-refractivity contribution in [3.63, 3.8) is 0 Å². The van der Waals surface area contributed by atoms with Gasteiger partial charge in [-0.15, -0.1) is 11.8 Å². The van der Waals surface area contributed by atoms with Crippen LogP contribution >= 0.6 is 27.7 Å². The summed E-state index contributed by atoms with van der Waals surface area (Å²) in [4.78, 5) is 1.23. The van der Waals surface area contributed by atoms with E-state index in [0.29, 0.717) is 11.3 Å². The molecule has 0 N–H and O–H groups in total. The van der Waals surface area contributed by atoms with Crippen LogP contribution in [0, 0.1) is 11.3 Å². The summed E-state index contributed by atoms with van der Waals surface area (Å²) in [5, 5.41) is 8.82. The molecule has 0 aliphatic heterocycles. The van der Waals surface area contributed by atoms with Gasteiger partial charge in [-0.2, -0.15) is 5.26 Å². The van der Waals surface area contributed by atoms with Crippen LogP contribution in [0.25, 0.3) is 0 Å². The van der Waals surface area contributed by atoms with Gasteiger partial charge in [0.05, 0.1) is 22.3 Å². The van der Waals surface area contributed by atoms with E-state index in [1.807, 2.05) is 30.3 Å². The highest BCUT2D eigenvalue weighted by Crippen LogP contribution is 2.22. The molecule has 2 aromatic rings. The molecule has 3 nitrogen and oxygen atoms in total. The molecule has 0 aliphatic carbocycles. The number of benzene rings is 2. The zero-order chi connectivity index (χ0) is 15.3. The van der Waals surface area contributed by atoms with Crippen LogP contribution in [0.1, 0.15) is 5.56 Å². The van der Waals surface area contributed by atoms with Crippen LogP contribution in [0.3, 0.4) is 0 Å². The highest BCUT2D eigenvalue weighted by atomic mass is 79.9. The van der Waals surface area contributed by atoms with Crippen molar-refractivity contribution in [1.29, 1.82) is 5.26 Å². The fourth-order valence-corrected chi connectivity index (χ4v) is 4.54. The lowest BCUT2D eigenvalue weighted by Gasteiger charge is -2.05. The summed E-state index contributed by atoms with van der Waals surface area (Å²) in [5.74, 6) is 0.517. The number of rotatable bonds is 5. The van der Waals surface area contributed by atoms with Crippen molar-refractivity contribution in [2.45, 2.75) is 9.79 Å². The first-order chi connectivity index (χ1) is 10.0. The molecule has 0 heterocycles. The molecule has 0 fully saturated rings. The first-order valence-electron chi connectivity index (χ1n) is 6.12. The average Bonchev–Trinajstić information content (AvgIpc) is 2.49. The Bertz CT molecular complexity index is 765. The minimum absolute atomic E-state index is 0.0443. The molecule has 0 aromatic heterocycles. The van der Waals surface area contributed by atoms with E-state index in [9.17, 15) is 8.42 Å². The topological polar surface area (TPSA) is 57.9 Å². The van der Waals surface area contributed by atoms with Crippen molar-refractivity contribution in [3.8, 4) is 6.07 Å². The molecular formula is C15H12BrNO2S2. The summed E-state index contributed by atoms with van der Waals surface area (Å²) in [6.45, 7) is 0. The Morgan fingerprint density at radius 2 is 1.86 bits per heavy atom. The van der Waals surface area contributed by atoms with Gasteiger partial charge in [-0.25, -0.2) is 8.42 Å². The van der Waals surface area contributed by atoms with Gasteiger partial charge >= 0.3 is 0 Å². The lowest BCUT2D eigenvalue weighted by atomic mass is 10.2. The van der Waals surface area contributed by atoms with Crippen molar-refractivity contribution in [2.75, 3.05) is 11.5 Å². The maximum Gasteiger partial charge on any atom is 0.179 e. The second-order valence-corrected chi connectivity index (χ2v) is 8.45. The van der Waals surface area contributed by atoms with Crippen LogP contribution in [0.5, 0.6) is 0 Å². The van der Waals surface area contributed by atoms with Crippen LogP contribution in [-0.2, 0) is 9.84 Å². The Labute approximate surface area is 137 Å². The second-order valence-electron chi connectivity index (χ2n) is 4.26. The Hall–Kier alpha value is -1.29. The third-order valence-electron chi connectivity index (χ3n) is 2.76. The Morgan fingerprint density at radius 3 is 2.52 bits per heavy atom. The number of sulfone groups is 1. The largest absolute Gasteiger partial charge is 0.224 e. The summed E-state index contributed by atoms with van der Waals surface area (Å²) >= 11 is 4.85. The van der Waals surface area contributed by atoms with Crippen LogP contribution in [0.15, 0.2) is 62.8 Å². The molecule has 0 saturated carbocycles. The average molecular weight is 382 g/mol. The van der Waals surface area contributed by atoms with Crippen molar-refractivity contribution in [3.05, 3.63) is 58.6 Å². The van der Waals surface area contributed by atoms with Gasteiger partial charge in [0.2, 0.25) is 0 Å². The van der Waals surface area contributed by atoms with E-state index in [2.05, 4.69) is 15.9 Å². The van der Waals surface area contributed by atoms with Gasteiger partial charge in [0, 0.05) is 15.1 Å². The number of nitriles is 1. The summed E-state index contributed by atoms with van der Waals surface area (Å²) in [6, 6.07) is 15.8. The molecule has 0 bridgehead atoms. The lowest BCUT2D eigenvalue weighted by molar-refractivity contribution is 0.597. The first kappa shape index (κ1) is 16.1. The van der Waals surface area contributed by atoms with E-state index in [1.54, 1.807) is 12.1 Å². The Balaban J connectivity index is 2.01. The molecule has 0 atom stereocenters. The molecule has 0 spiro atoms. The second kappa shape index (κ2) is 7.12. The van der Waals surface area contributed by atoms with Gasteiger partial charge in [0.1, 0.15) is 0 Å². The zero-order valence-corrected chi connectivity index (χ0v) is 14.2. The molecule has 2 aromatic carbocycles. The molecule has 0 amide bonds. The first-order valence-corrected chi connectivity index (χ1v) is 9.56. The Kier molecular flexibility index (Phi) is 5.45. The standard InChI is InChI=1S/C15H12BrNO2S2/c16-13-4-6-14(7-5-13)20-8-9-21(18,19)15-3-1-2-12(10-15)11-17/h1-7,10H,8-9H2. The normalized spacial score (nSPS) is 11.0. The van der Waals surface area contributed by atoms with Gasteiger partial charge in [0.25, 0.3) is 0 Å². The van der Waals surface area contributed by atoms with Crippen molar-refractivity contribution in [1.82, 2.24) is 0 Å². The Morgan fingerprint density at radius 1 is 1.14 bits per heavy atom. The summed E-state index contributed by atoms with van der Waals surface area (Å²) in [6.07, 6.45) is 0. The highest BCUT2D eigenvalue weighted by Gasteiger charge is 2.14. The van der Waals surface area contributed by atoms with Gasteiger partial charge in [-0.1, -0.05) is 22.0 Å². The van der Waals surface area contributed by atoms with Crippen LogP contribution in [0.2, 0.25) is 0 Å². The van der Waals surface area contributed by atoms with Crippen LogP contribution in [-0.4, -0.2) is 19.9 Å². The molecule has 21 heavy (non-hydrogen) atoms. The van der Waals surface area contributed by atoms with Gasteiger partial charge in [0.15, 0.2) is 9.84 Å². The molecule has 0 radical (unpaired) electrons. The van der Waals surface area contributed by atoms with Crippen molar-refractivity contribution < 1.29 is 8.42 Å². The number of hydrogen-bond acceptors (Lipinski definition) is 4. The van der Waals surface area contributed by atoms with Crippen LogP contribution in [0.4, 0.5) is 0 Å². The maximum absolute atomic E-state index is 12.2. The predicted molar refractivity (Wildman–Crippen MR) is 88.1 cm³/mol. The van der Waals surface area contributed by atoms with E-state index < -0.39 is 9.84 Å². The fourth-order valence-electron chi connectivity index (χ4n) is 1.68. The molecule has 0 saturated heterocycles. The van der Waals surface area contributed by atoms with E-state index in [1.165, 1.54) is 23.9 Å². The van der Waals surface area contributed by atoms with Gasteiger partial charge in [-0.3, -0.25) is 0 Å². The zero-order valence-electron chi connectivity index (χ0n) is 11.0. The predicted octanol–water partition coefficient (Wildman–Crippen LogP) is 3.89. The third-order valence-corrected chi connectivity index (χ3v) is 6.27. The quantitative estimate of drug-likeness (QED) is 0.737. The number of hydrogen-bond donors (Lipinski definition) is 0. The van der Waals surface area contributed by atoms with Gasteiger partial charge in [-0.05, 0) is 42.5 Å². The minimum atomic E-state index is -3.35. The molecule has 108 valence electrons. The summed E-state index contributed by atoms with van der Waals surface area (Å²) in [5.41, 5.74) is 0.358. The van der Waals surface area contributed by atoms with Crippen molar-refractivity contribution >= 4 is 37.5 Å². The molecule has 0 aliphatic rings. The number of halogens is 1. The number of thioether (sulfide) groups is 1. The van der Waals surface area contributed by atoms with E-state index in [0.717, 1.165) is 9.37 Å². The summed E-state index contributed by atoms with van der Waals surface area (Å²) in [7, 11) is -3.35. The molecular weight excluding hydrogens is 370 g/mol. The maximum atomic E-state index is 12.2. The van der Waals surface area contributed by atoms with Crippen molar-refractivity contribution in [2.24, 2.45) is 0 Å². The van der Waals surface area contributed by atoms with Crippen LogP contribution < -0.4 is 0 Å². The van der Waals surface area contributed by atoms with E-state index >= 15 is 0 Å². The highest BCUT2D eigenvalue weighted by molar-refractivity contribution is 9.10.